The molecule has 0 aromatic heterocycles. The van der Waals surface area contributed by atoms with Crippen molar-refractivity contribution in [3.63, 3.8) is 0 Å². The molecule has 3 nitrogen and oxygen atoms in total. The van der Waals surface area contributed by atoms with E-state index in [9.17, 15) is 4.79 Å². The third-order valence-corrected chi connectivity index (χ3v) is 3.67. The summed E-state index contributed by atoms with van der Waals surface area (Å²) in [6.07, 6.45) is 7.22. The van der Waals surface area contributed by atoms with Crippen LogP contribution in [-0.4, -0.2) is 31.7 Å². The molecule has 1 aliphatic rings. The van der Waals surface area contributed by atoms with Gasteiger partial charge in [-0.3, -0.25) is 0 Å². The van der Waals surface area contributed by atoms with E-state index in [4.69, 9.17) is 4.74 Å². The smallest absolute Gasteiger partial charge is 0.331 e. The first kappa shape index (κ1) is 14.8. The number of carbonyl (C=O) groups is 1. The van der Waals surface area contributed by atoms with Gasteiger partial charge in [0.2, 0.25) is 0 Å². The summed E-state index contributed by atoms with van der Waals surface area (Å²) >= 11 is 0. The van der Waals surface area contributed by atoms with Gasteiger partial charge in [-0.1, -0.05) is 30.3 Å². The first-order chi connectivity index (χ1) is 9.74. The molecule has 1 fully saturated rings. The highest BCUT2D eigenvalue weighted by molar-refractivity contribution is 5.87. The van der Waals surface area contributed by atoms with Crippen LogP contribution in [0.4, 0.5) is 0 Å². The molecule has 0 radical (unpaired) electrons. The van der Waals surface area contributed by atoms with Crippen molar-refractivity contribution < 1.29 is 14.4 Å². The second-order valence-electron chi connectivity index (χ2n) is 5.51. The number of benzene rings is 1. The number of piperidine rings is 1. The van der Waals surface area contributed by atoms with Gasteiger partial charge in [-0.25, -0.2) is 4.79 Å². The van der Waals surface area contributed by atoms with Crippen LogP contribution in [0.15, 0.2) is 36.4 Å². The van der Waals surface area contributed by atoms with Gasteiger partial charge in [0, 0.05) is 6.08 Å². The zero-order valence-electron chi connectivity index (χ0n) is 12.2. The average molecular weight is 274 g/mol. The van der Waals surface area contributed by atoms with Crippen molar-refractivity contribution in [2.45, 2.75) is 32.3 Å². The lowest BCUT2D eigenvalue weighted by Crippen LogP contribution is -3.13. The van der Waals surface area contributed by atoms with Crippen LogP contribution >= 0.6 is 0 Å². The van der Waals surface area contributed by atoms with E-state index in [1.165, 1.54) is 38.4 Å². The minimum absolute atomic E-state index is 0.0176. The molecule has 0 aliphatic carbocycles. The summed E-state index contributed by atoms with van der Waals surface area (Å²) in [5.74, 6) is -0.252. The van der Waals surface area contributed by atoms with Crippen LogP contribution in [0.5, 0.6) is 0 Å². The lowest BCUT2D eigenvalue weighted by Gasteiger charge is -2.25. The fourth-order valence-electron chi connectivity index (χ4n) is 2.67. The average Bonchev–Trinajstić information content (AvgIpc) is 2.47. The van der Waals surface area contributed by atoms with Gasteiger partial charge >= 0.3 is 5.97 Å². The summed E-state index contributed by atoms with van der Waals surface area (Å²) in [6.45, 7) is 5.32. The molecule has 2 rings (SSSR count). The number of rotatable bonds is 5. The number of nitrogens with one attached hydrogen (secondary N) is 1. The summed E-state index contributed by atoms with van der Waals surface area (Å²) in [4.78, 5) is 13.3. The highest BCUT2D eigenvalue weighted by atomic mass is 16.5. The fraction of sp³-hybridized carbons (Fsp3) is 0.471. The van der Waals surface area contributed by atoms with E-state index in [1.807, 2.05) is 37.3 Å². The van der Waals surface area contributed by atoms with Crippen LogP contribution in [0.25, 0.3) is 6.08 Å². The Balaban J connectivity index is 1.74. The molecule has 1 aliphatic heterocycles. The molecule has 1 heterocycles. The largest absolute Gasteiger partial charge is 0.454 e. The van der Waals surface area contributed by atoms with Gasteiger partial charge in [0.1, 0.15) is 12.6 Å². The Morgan fingerprint density at radius 1 is 1.25 bits per heavy atom. The van der Waals surface area contributed by atoms with Crippen LogP contribution < -0.4 is 4.90 Å². The topological polar surface area (TPSA) is 30.7 Å². The molecule has 1 aromatic rings. The summed E-state index contributed by atoms with van der Waals surface area (Å²) in [5, 5.41) is 0. The van der Waals surface area contributed by atoms with Crippen molar-refractivity contribution in [1.29, 1.82) is 0 Å². The maximum Gasteiger partial charge on any atom is 0.331 e. The predicted octanol–water partition coefficient (Wildman–Crippen LogP) is 1.70. The normalized spacial score (nSPS) is 18.1. The summed E-state index contributed by atoms with van der Waals surface area (Å²) in [6, 6.07) is 9.79. The summed E-state index contributed by atoms with van der Waals surface area (Å²) in [7, 11) is 0. The van der Waals surface area contributed by atoms with Gasteiger partial charge in [0.05, 0.1) is 13.1 Å². The zero-order chi connectivity index (χ0) is 14.2. The molecule has 0 spiro atoms. The first-order valence-electron chi connectivity index (χ1n) is 7.51. The number of hydrogen-bond acceptors (Lipinski definition) is 2. The number of carbonyl (C=O) groups excluding carboxylic acids is 1. The molecule has 108 valence electrons. The third kappa shape index (κ3) is 5.17. The number of esters is 1. The van der Waals surface area contributed by atoms with Gasteiger partial charge in [-0.2, -0.15) is 0 Å². The molecule has 20 heavy (non-hydrogen) atoms. The van der Waals surface area contributed by atoms with E-state index in [2.05, 4.69) is 0 Å². The van der Waals surface area contributed by atoms with Gasteiger partial charge in [0.15, 0.2) is 0 Å². The lowest BCUT2D eigenvalue weighted by molar-refractivity contribution is -0.907. The monoisotopic (exact) mass is 274 g/mol. The maximum absolute atomic E-state index is 11.8. The number of likely N-dealkylation sites (tertiary alicyclic amines) is 1. The van der Waals surface area contributed by atoms with Crippen molar-refractivity contribution in [3.8, 4) is 0 Å². The molecule has 1 saturated heterocycles. The van der Waals surface area contributed by atoms with E-state index < -0.39 is 0 Å². The first-order valence-corrected chi connectivity index (χ1v) is 7.51. The summed E-state index contributed by atoms with van der Waals surface area (Å²) in [5.41, 5.74) is 1.01. The van der Waals surface area contributed by atoms with Crippen LogP contribution in [0.2, 0.25) is 0 Å². The fourth-order valence-corrected chi connectivity index (χ4v) is 2.67. The van der Waals surface area contributed by atoms with E-state index >= 15 is 0 Å². The number of hydrogen-bond donors (Lipinski definition) is 1. The molecule has 0 bridgehead atoms. The molecule has 3 heteroatoms. The third-order valence-electron chi connectivity index (χ3n) is 3.67. The van der Waals surface area contributed by atoms with Gasteiger partial charge < -0.3 is 9.64 Å². The Morgan fingerprint density at radius 3 is 2.65 bits per heavy atom. The quantitative estimate of drug-likeness (QED) is 0.654. The van der Waals surface area contributed by atoms with E-state index in [0.717, 1.165) is 12.1 Å². The minimum atomic E-state index is -0.252. The number of ether oxygens (including phenoxy) is 1. The van der Waals surface area contributed by atoms with Crippen LogP contribution in [-0.2, 0) is 9.53 Å². The SMILES string of the molecule is C[C@H](C[NH+]1CCCCC1)OC(=O)/C=C/c1ccccc1. The van der Waals surface area contributed by atoms with Gasteiger partial charge in [0.25, 0.3) is 0 Å². The Kier molecular flexibility index (Phi) is 5.81. The minimum Gasteiger partial charge on any atom is -0.454 e. The van der Waals surface area contributed by atoms with Crippen molar-refractivity contribution in [2.75, 3.05) is 19.6 Å². The molecular weight excluding hydrogens is 250 g/mol. The molecule has 1 aromatic carbocycles. The molecule has 0 saturated carbocycles. The van der Waals surface area contributed by atoms with Crippen molar-refractivity contribution in [2.24, 2.45) is 0 Å². The molecule has 1 N–H and O–H groups in total. The highest BCUT2D eigenvalue weighted by Gasteiger charge is 2.18. The van der Waals surface area contributed by atoms with Crippen LogP contribution in [0.1, 0.15) is 31.7 Å². The van der Waals surface area contributed by atoms with E-state index in [0.29, 0.717) is 0 Å². The number of quaternary nitrogens is 1. The van der Waals surface area contributed by atoms with Crippen LogP contribution in [0, 0.1) is 0 Å². The standard InChI is InChI=1S/C17H23NO2/c1-15(14-18-12-6-3-7-13-18)20-17(19)11-10-16-8-4-2-5-9-16/h2,4-5,8-11,15H,3,6-7,12-14H2,1H3/p+1/b11-10+/t15-/m1/s1. The molecule has 0 amide bonds. The molecule has 1 atom stereocenters. The second kappa shape index (κ2) is 7.85. The lowest BCUT2D eigenvalue weighted by atomic mass is 10.1. The summed E-state index contributed by atoms with van der Waals surface area (Å²) < 4.78 is 5.43. The van der Waals surface area contributed by atoms with Gasteiger partial charge in [-0.05, 0) is 37.8 Å². The second-order valence-corrected chi connectivity index (χ2v) is 5.51. The Hall–Kier alpha value is -1.61. The Bertz CT molecular complexity index is 436. The van der Waals surface area contributed by atoms with Crippen LogP contribution in [0.3, 0.4) is 0 Å². The van der Waals surface area contributed by atoms with E-state index in [-0.39, 0.29) is 12.1 Å². The highest BCUT2D eigenvalue weighted by Crippen LogP contribution is 2.02. The zero-order valence-corrected chi connectivity index (χ0v) is 12.2. The molecular formula is C17H24NO2+. The Morgan fingerprint density at radius 2 is 1.95 bits per heavy atom. The predicted molar refractivity (Wildman–Crippen MR) is 80.4 cm³/mol. The van der Waals surface area contributed by atoms with Crippen molar-refractivity contribution >= 4 is 12.0 Å². The van der Waals surface area contributed by atoms with Gasteiger partial charge in [-0.15, -0.1) is 0 Å². The van der Waals surface area contributed by atoms with E-state index in [1.54, 1.807) is 11.0 Å². The Labute approximate surface area is 121 Å². The maximum atomic E-state index is 11.8. The van der Waals surface area contributed by atoms with Crippen molar-refractivity contribution in [3.05, 3.63) is 42.0 Å². The molecule has 0 unspecified atom stereocenters. The van der Waals surface area contributed by atoms with Crippen molar-refractivity contribution in [1.82, 2.24) is 0 Å².